The van der Waals surface area contributed by atoms with Crippen LogP contribution in [0, 0.1) is 5.82 Å². The van der Waals surface area contributed by atoms with E-state index in [0.717, 1.165) is 10.9 Å². The molecule has 0 saturated heterocycles. The summed E-state index contributed by atoms with van der Waals surface area (Å²) in [5.74, 6) is -0.210. The van der Waals surface area contributed by atoms with Crippen LogP contribution in [0.25, 0.3) is 0 Å². The van der Waals surface area contributed by atoms with E-state index in [1.54, 1.807) is 19.2 Å². The fourth-order valence-electron chi connectivity index (χ4n) is 1.83. The molecule has 0 aliphatic rings. The van der Waals surface area contributed by atoms with Gasteiger partial charge in [0.2, 0.25) is 0 Å². The molecule has 0 heterocycles. The third-order valence-electron chi connectivity index (χ3n) is 2.68. The molecule has 1 N–H and O–H groups in total. The quantitative estimate of drug-likeness (QED) is 0.898. The predicted molar refractivity (Wildman–Crippen MR) is 67.0 cm³/mol. The Morgan fingerprint density at radius 1 is 1.50 bits per heavy atom. The normalized spacial score (nSPS) is 14.8. The minimum Gasteiger partial charge on any atom is -0.379 e. The van der Waals surface area contributed by atoms with Gasteiger partial charge in [0.05, 0.1) is 12.1 Å². The SMILES string of the molecule is CCC(OC)C(NC)c1cc(Br)ccc1F. The molecule has 0 spiro atoms. The van der Waals surface area contributed by atoms with Gasteiger partial charge in [-0.15, -0.1) is 0 Å². The number of hydrogen-bond acceptors (Lipinski definition) is 2. The van der Waals surface area contributed by atoms with E-state index in [0.29, 0.717) is 5.56 Å². The summed E-state index contributed by atoms with van der Waals surface area (Å²) in [6.07, 6.45) is 0.794. The number of hydrogen-bond donors (Lipinski definition) is 1. The van der Waals surface area contributed by atoms with Gasteiger partial charge >= 0.3 is 0 Å². The van der Waals surface area contributed by atoms with Crippen molar-refractivity contribution in [3.05, 3.63) is 34.1 Å². The zero-order chi connectivity index (χ0) is 12.1. The van der Waals surface area contributed by atoms with Gasteiger partial charge in [-0.3, -0.25) is 0 Å². The summed E-state index contributed by atoms with van der Waals surface area (Å²) in [6.45, 7) is 2.02. The van der Waals surface area contributed by atoms with Gasteiger partial charge in [-0.05, 0) is 31.7 Å². The van der Waals surface area contributed by atoms with Crippen LogP contribution in [-0.4, -0.2) is 20.3 Å². The Bertz CT molecular complexity index is 342. The zero-order valence-electron chi connectivity index (χ0n) is 9.76. The Morgan fingerprint density at radius 2 is 2.19 bits per heavy atom. The van der Waals surface area contributed by atoms with Crippen LogP contribution >= 0.6 is 15.9 Å². The van der Waals surface area contributed by atoms with Crippen molar-refractivity contribution in [1.82, 2.24) is 5.32 Å². The lowest BCUT2D eigenvalue weighted by molar-refractivity contribution is 0.0664. The molecule has 0 amide bonds. The molecule has 0 aliphatic carbocycles. The highest BCUT2D eigenvalue weighted by Crippen LogP contribution is 2.26. The average molecular weight is 290 g/mol. The Balaban J connectivity index is 3.06. The van der Waals surface area contributed by atoms with Crippen LogP contribution in [0.3, 0.4) is 0 Å². The van der Waals surface area contributed by atoms with Crippen LogP contribution in [0.2, 0.25) is 0 Å². The number of ether oxygens (including phenoxy) is 1. The maximum Gasteiger partial charge on any atom is 0.128 e. The maximum absolute atomic E-state index is 13.7. The van der Waals surface area contributed by atoms with Crippen molar-refractivity contribution in [2.45, 2.75) is 25.5 Å². The van der Waals surface area contributed by atoms with E-state index in [1.807, 2.05) is 14.0 Å². The van der Waals surface area contributed by atoms with E-state index >= 15 is 0 Å². The van der Waals surface area contributed by atoms with Crippen molar-refractivity contribution >= 4 is 15.9 Å². The monoisotopic (exact) mass is 289 g/mol. The molecule has 1 rings (SSSR count). The number of halogens is 2. The Kier molecular flexibility index (Phi) is 5.38. The molecule has 2 nitrogen and oxygen atoms in total. The molecule has 1 aromatic carbocycles. The van der Waals surface area contributed by atoms with Gasteiger partial charge in [0.1, 0.15) is 5.82 Å². The van der Waals surface area contributed by atoms with Crippen LogP contribution in [0.1, 0.15) is 24.9 Å². The van der Waals surface area contributed by atoms with Gasteiger partial charge < -0.3 is 10.1 Å². The van der Waals surface area contributed by atoms with E-state index in [9.17, 15) is 4.39 Å². The minimum atomic E-state index is -0.210. The molecule has 0 bridgehead atoms. The molecule has 2 atom stereocenters. The summed E-state index contributed by atoms with van der Waals surface area (Å²) in [5.41, 5.74) is 0.630. The largest absolute Gasteiger partial charge is 0.379 e. The minimum absolute atomic E-state index is 0.0335. The first-order valence-corrected chi connectivity index (χ1v) is 6.08. The van der Waals surface area contributed by atoms with Gasteiger partial charge in [0.25, 0.3) is 0 Å². The van der Waals surface area contributed by atoms with Crippen LogP contribution in [0.15, 0.2) is 22.7 Å². The van der Waals surface area contributed by atoms with Crippen molar-refractivity contribution < 1.29 is 9.13 Å². The predicted octanol–water partition coefficient (Wildman–Crippen LogP) is 3.27. The molecular formula is C12H17BrFNO. The molecule has 2 unspecified atom stereocenters. The third kappa shape index (κ3) is 3.03. The van der Waals surface area contributed by atoms with Crippen LogP contribution in [0.4, 0.5) is 4.39 Å². The highest BCUT2D eigenvalue weighted by Gasteiger charge is 2.22. The van der Waals surface area contributed by atoms with E-state index < -0.39 is 0 Å². The van der Waals surface area contributed by atoms with Crippen molar-refractivity contribution in [2.24, 2.45) is 0 Å². The topological polar surface area (TPSA) is 21.3 Å². The van der Waals surface area contributed by atoms with Gasteiger partial charge in [0.15, 0.2) is 0 Å². The standard InChI is InChI=1S/C12H17BrFNO/c1-4-11(16-3)12(15-2)9-7-8(13)5-6-10(9)14/h5-7,11-12,15H,4H2,1-3H3. The molecule has 1 aromatic rings. The Morgan fingerprint density at radius 3 is 2.69 bits per heavy atom. The van der Waals surface area contributed by atoms with Crippen LogP contribution in [-0.2, 0) is 4.74 Å². The summed E-state index contributed by atoms with van der Waals surface area (Å²) < 4.78 is 20.0. The lowest BCUT2D eigenvalue weighted by Gasteiger charge is -2.25. The molecule has 16 heavy (non-hydrogen) atoms. The first-order chi connectivity index (χ1) is 7.63. The molecule has 0 saturated carbocycles. The third-order valence-corrected chi connectivity index (χ3v) is 3.17. The van der Waals surface area contributed by atoms with Crippen LogP contribution < -0.4 is 5.32 Å². The number of nitrogens with one attached hydrogen (secondary N) is 1. The Labute approximate surface area is 104 Å². The summed E-state index contributed by atoms with van der Waals surface area (Å²) in [4.78, 5) is 0. The molecule has 4 heteroatoms. The number of rotatable bonds is 5. The fraction of sp³-hybridized carbons (Fsp3) is 0.500. The van der Waals surface area contributed by atoms with Gasteiger partial charge in [-0.2, -0.15) is 0 Å². The average Bonchev–Trinajstić information content (AvgIpc) is 2.29. The number of benzene rings is 1. The lowest BCUT2D eigenvalue weighted by atomic mass is 9.99. The summed E-state index contributed by atoms with van der Waals surface area (Å²) in [7, 11) is 3.46. The highest BCUT2D eigenvalue weighted by molar-refractivity contribution is 9.10. The van der Waals surface area contributed by atoms with Crippen molar-refractivity contribution in [3.63, 3.8) is 0 Å². The van der Waals surface area contributed by atoms with Crippen molar-refractivity contribution in [2.75, 3.05) is 14.2 Å². The first-order valence-electron chi connectivity index (χ1n) is 5.29. The smallest absolute Gasteiger partial charge is 0.128 e. The van der Waals surface area contributed by atoms with Gasteiger partial charge in [0, 0.05) is 17.1 Å². The molecule has 90 valence electrons. The van der Waals surface area contributed by atoms with E-state index in [4.69, 9.17) is 4.74 Å². The van der Waals surface area contributed by atoms with Crippen molar-refractivity contribution in [3.8, 4) is 0 Å². The highest BCUT2D eigenvalue weighted by atomic mass is 79.9. The first kappa shape index (κ1) is 13.6. The van der Waals surface area contributed by atoms with Gasteiger partial charge in [-0.1, -0.05) is 22.9 Å². The second-order valence-corrected chi connectivity index (χ2v) is 4.53. The molecule has 0 fully saturated rings. The van der Waals surface area contributed by atoms with Gasteiger partial charge in [-0.25, -0.2) is 4.39 Å². The van der Waals surface area contributed by atoms with Crippen LogP contribution in [0.5, 0.6) is 0 Å². The zero-order valence-corrected chi connectivity index (χ0v) is 11.3. The molecule has 0 aromatic heterocycles. The fourth-order valence-corrected chi connectivity index (χ4v) is 2.21. The summed E-state index contributed by atoms with van der Waals surface area (Å²) in [6, 6.07) is 4.82. The number of likely N-dealkylation sites (N-methyl/N-ethyl adjacent to an activating group) is 1. The maximum atomic E-state index is 13.7. The number of methoxy groups -OCH3 is 1. The molecule has 0 radical (unpaired) electrons. The van der Waals surface area contributed by atoms with E-state index in [2.05, 4.69) is 21.2 Å². The summed E-state index contributed by atoms with van der Waals surface area (Å²) >= 11 is 3.35. The second-order valence-electron chi connectivity index (χ2n) is 3.61. The second kappa shape index (κ2) is 6.33. The molecular weight excluding hydrogens is 273 g/mol. The van der Waals surface area contributed by atoms with Crippen molar-refractivity contribution in [1.29, 1.82) is 0 Å². The molecule has 0 aliphatic heterocycles. The van der Waals surface area contributed by atoms with E-state index in [-0.39, 0.29) is 18.0 Å². The lowest BCUT2D eigenvalue weighted by Crippen LogP contribution is -2.31. The Hall–Kier alpha value is -0.450. The summed E-state index contributed by atoms with van der Waals surface area (Å²) in [5, 5.41) is 3.10. The van der Waals surface area contributed by atoms with E-state index in [1.165, 1.54) is 6.07 Å².